The normalized spacial score (nSPS) is 18.9. The molecule has 1 N–H and O–H groups in total. The van der Waals surface area contributed by atoms with E-state index in [0.29, 0.717) is 5.92 Å². The van der Waals surface area contributed by atoms with Gasteiger partial charge in [0.25, 0.3) is 5.91 Å². The van der Waals surface area contributed by atoms with Crippen LogP contribution in [0.4, 0.5) is 0 Å². The maximum Gasteiger partial charge on any atom is 0.253 e. The van der Waals surface area contributed by atoms with E-state index in [-0.39, 0.29) is 5.91 Å². The fraction of sp³-hybridized carbons (Fsp3) is 0.389. The number of piperidine rings is 1. The van der Waals surface area contributed by atoms with Crippen molar-refractivity contribution in [2.75, 3.05) is 26.7 Å². The molecule has 3 rings (SSSR count). The predicted octanol–water partition coefficient (Wildman–Crippen LogP) is 2.91. The molecule has 1 unspecified atom stereocenters. The van der Waals surface area contributed by atoms with Gasteiger partial charge in [-0.2, -0.15) is 0 Å². The lowest BCUT2D eigenvalue weighted by Crippen LogP contribution is -2.42. The Balaban J connectivity index is 1.79. The molecule has 1 heterocycles. The second-order valence-electron chi connectivity index (χ2n) is 5.88. The Bertz CT molecular complexity index is 636. The Morgan fingerprint density at radius 3 is 2.86 bits per heavy atom. The van der Waals surface area contributed by atoms with Crippen molar-refractivity contribution in [3.05, 3.63) is 48.0 Å². The molecule has 0 aliphatic carbocycles. The molecule has 0 radical (unpaired) electrons. The number of fused-ring (bicyclic) bond motifs is 1. The number of benzene rings is 2. The minimum atomic E-state index is 0.168. The van der Waals surface area contributed by atoms with Crippen molar-refractivity contribution >= 4 is 16.7 Å². The fourth-order valence-electron chi connectivity index (χ4n) is 3.21. The largest absolute Gasteiger partial charge is 0.338 e. The van der Waals surface area contributed by atoms with Gasteiger partial charge < -0.3 is 10.2 Å². The van der Waals surface area contributed by atoms with Gasteiger partial charge in [-0.3, -0.25) is 4.79 Å². The highest BCUT2D eigenvalue weighted by atomic mass is 16.2. The summed E-state index contributed by atoms with van der Waals surface area (Å²) in [5.74, 6) is 0.745. The average molecular weight is 282 g/mol. The zero-order valence-electron chi connectivity index (χ0n) is 12.5. The number of carbonyl (C=O) groups excluding carboxylic acids is 1. The standard InChI is InChI=1S/C18H22N2O/c1-19-12-14-5-4-10-20(13-14)18(21)17-9-8-15-6-2-3-7-16(15)11-17/h2-3,6-9,11,14,19H,4-5,10,12-13H2,1H3. The summed E-state index contributed by atoms with van der Waals surface area (Å²) in [5, 5.41) is 5.54. The van der Waals surface area contributed by atoms with Gasteiger partial charge in [-0.25, -0.2) is 0 Å². The maximum atomic E-state index is 12.7. The predicted molar refractivity (Wildman–Crippen MR) is 86.5 cm³/mol. The molecular weight excluding hydrogens is 260 g/mol. The molecule has 110 valence electrons. The van der Waals surface area contributed by atoms with Gasteiger partial charge in [0.15, 0.2) is 0 Å². The van der Waals surface area contributed by atoms with E-state index in [2.05, 4.69) is 17.4 Å². The van der Waals surface area contributed by atoms with Crippen LogP contribution in [0.5, 0.6) is 0 Å². The molecule has 0 aromatic heterocycles. The summed E-state index contributed by atoms with van der Waals surface area (Å²) in [6, 6.07) is 14.2. The Morgan fingerprint density at radius 2 is 2.05 bits per heavy atom. The summed E-state index contributed by atoms with van der Waals surface area (Å²) >= 11 is 0. The van der Waals surface area contributed by atoms with Gasteiger partial charge in [-0.15, -0.1) is 0 Å². The summed E-state index contributed by atoms with van der Waals surface area (Å²) in [6.07, 6.45) is 2.31. The first-order chi connectivity index (χ1) is 10.3. The number of nitrogens with one attached hydrogen (secondary N) is 1. The van der Waals surface area contributed by atoms with E-state index >= 15 is 0 Å². The molecule has 1 amide bonds. The molecule has 0 bridgehead atoms. The minimum Gasteiger partial charge on any atom is -0.338 e. The highest BCUT2D eigenvalue weighted by molar-refractivity contribution is 5.98. The minimum absolute atomic E-state index is 0.168. The maximum absolute atomic E-state index is 12.7. The second kappa shape index (κ2) is 6.27. The van der Waals surface area contributed by atoms with Crippen LogP contribution in [-0.4, -0.2) is 37.5 Å². The number of rotatable bonds is 3. The fourth-order valence-corrected chi connectivity index (χ4v) is 3.21. The van der Waals surface area contributed by atoms with Crippen molar-refractivity contribution in [2.24, 2.45) is 5.92 Å². The van der Waals surface area contributed by atoms with Crippen molar-refractivity contribution in [3.63, 3.8) is 0 Å². The van der Waals surface area contributed by atoms with Crippen LogP contribution in [0, 0.1) is 5.92 Å². The molecule has 21 heavy (non-hydrogen) atoms. The Morgan fingerprint density at radius 1 is 1.24 bits per heavy atom. The number of amides is 1. The van der Waals surface area contributed by atoms with Gasteiger partial charge >= 0.3 is 0 Å². The average Bonchev–Trinajstić information content (AvgIpc) is 2.54. The van der Waals surface area contributed by atoms with E-state index in [0.717, 1.165) is 37.0 Å². The summed E-state index contributed by atoms with van der Waals surface area (Å²) < 4.78 is 0. The van der Waals surface area contributed by atoms with Gasteiger partial charge in [-0.05, 0) is 55.3 Å². The summed E-state index contributed by atoms with van der Waals surface area (Å²) in [4.78, 5) is 14.7. The Labute approximate surface area is 125 Å². The number of carbonyl (C=O) groups is 1. The number of hydrogen-bond donors (Lipinski definition) is 1. The highest BCUT2D eigenvalue weighted by Gasteiger charge is 2.24. The van der Waals surface area contributed by atoms with E-state index in [1.54, 1.807) is 0 Å². The molecule has 3 heteroatoms. The van der Waals surface area contributed by atoms with Crippen molar-refractivity contribution in [2.45, 2.75) is 12.8 Å². The quantitative estimate of drug-likeness (QED) is 0.939. The summed E-state index contributed by atoms with van der Waals surface area (Å²) in [5.41, 5.74) is 0.804. The number of nitrogens with zero attached hydrogens (tertiary/aromatic N) is 1. The van der Waals surface area contributed by atoms with Gasteiger partial charge in [-0.1, -0.05) is 30.3 Å². The molecule has 1 aliphatic rings. The third kappa shape index (κ3) is 3.08. The molecule has 0 spiro atoms. The molecule has 1 fully saturated rings. The SMILES string of the molecule is CNCC1CCCN(C(=O)c2ccc3ccccc3c2)C1. The lowest BCUT2D eigenvalue weighted by atomic mass is 9.97. The van der Waals surface area contributed by atoms with Crippen LogP contribution in [-0.2, 0) is 0 Å². The summed E-state index contributed by atoms with van der Waals surface area (Å²) in [7, 11) is 1.98. The molecule has 1 atom stereocenters. The van der Waals surface area contributed by atoms with Crippen molar-refractivity contribution in [1.82, 2.24) is 10.2 Å². The third-order valence-corrected chi connectivity index (χ3v) is 4.30. The van der Waals surface area contributed by atoms with Gasteiger partial charge in [0, 0.05) is 18.7 Å². The first-order valence-corrected chi connectivity index (χ1v) is 7.70. The first kappa shape index (κ1) is 14.1. The zero-order valence-corrected chi connectivity index (χ0v) is 12.5. The van der Waals surface area contributed by atoms with E-state index in [1.165, 1.54) is 11.8 Å². The Kier molecular flexibility index (Phi) is 4.20. The lowest BCUT2D eigenvalue weighted by molar-refractivity contribution is 0.0674. The van der Waals surface area contributed by atoms with E-state index < -0.39 is 0 Å². The topological polar surface area (TPSA) is 32.3 Å². The molecule has 3 nitrogen and oxygen atoms in total. The van der Waals surface area contributed by atoms with Gasteiger partial charge in [0.2, 0.25) is 0 Å². The highest BCUT2D eigenvalue weighted by Crippen LogP contribution is 2.21. The monoisotopic (exact) mass is 282 g/mol. The first-order valence-electron chi connectivity index (χ1n) is 7.70. The van der Waals surface area contributed by atoms with Crippen molar-refractivity contribution in [1.29, 1.82) is 0 Å². The molecule has 1 aliphatic heterocycles. The van der Waals surface area contributed by atoms with E-state index in [9.17, 15) is 4.79 Å². The molecule has 0 saturated carbocycles. The van der Waals surface area contributed by atoms with Crippen LogP contribution in [0.25, 0.3) is 10.8 Å². The van der Waals surface area contributed by atoms with Gasteiger partial charge in [0.05, 0.1) is 0 Å². The van der Waals surface area contributed by atoms with E-state index in [4.69, 9.17) is 0 Å². The lowest BCUT2D eigenvalue weighted by Gasteiger charge is -2.32. The Hall–Kier alpha value is -1.87. The molecule has 2 aromatic rings. The second-order valence-corrected chi connectivity index (χ2v) is 5.88. The van der Waals surface area contributed by atoms with Crippen LogP contribution < -0.4 is 5.32 Å². The number of likely N-dealkylation sites (tertiary alicyclic amines) is 1. The third-order valence-electron chi connectivity index (χ3n) is 4.30. The van der Waals surface area contributed by atoms with Crippen LogP contribution in [0.15, 0.2) is 42.5 Å². The van der Waals surface area contributed by atoms with Crippen LogP contribution in [0.3, 0.4) is 0 Å². The van der Waals surface area contributed by atoms with E-state index in [1.807, 2.05) is 42.3 Å². The van der Waals surface area contributed by atoms with Crippen molar-refractivity contribution < 1.29 is 4.79 Å². The number of hydrogen-bond acceptors (Lipinski definition) is 2. The van der Waals surface area contributed by atoms with Crippen LogP contribution >= 0.6 is 0 Å². The summed E-state index contributed by atoms with van der Waals surface area (Å²) in [6.45, 7) is 2.74. The molecule has 1 saturated heterocycles. The molecular formula is C18H22N2O. The van der Waals surface area contributed by atoms with Crippen molar-refractivity contribution in [3.8, 4) is 0 Å². The zero-order chi connectivity index (χ0) is 14.7. The van der Waals surface area contributed by atoms with Gasteiger partial charge in [0.1, 0.15) is 0 Å². The van der Waals surface area contributed by atoms with Crippen LogP contribution in [0.1, 0.15) is 23.2 Å². The smallest absolute Gasteiger partial charge is 0.253 e. The van der Waals surface area contributed by atoms with Crippen LogP contribution in [0.2, 0.25) is 0 Å². The molecule has 2 aromatic carbocycles.